The Labute approximate surface area is 149 Å². The summed E-state index contributed by atoms with van der Waals surface area (Å²) in [6, 6.07) is 14.2. The average molecular weight is 358 g/mol. The maximum atomic E-state index is 12.6. The Morgan fingerprint density at radius 2 is 2.04 bits per heavy atom. The molecule has 5 nitrogen and oxygen atoms in total. The standard InChI is InChI=1S/C17H18N4OS2/c1-13-7-8-15(24-13)11-21(10-9-14-5-3-2-4-6-14)17(22)19-16-20-18-12-23-16/h2-8,12H,9-11H2,1H3,(H,19,20,22). The van der Waals surface area contributed by atoms with Crippen LogP contribution in [-0.4, -0.2) is 27.7 Å². The molecule has 124 valence electrons. The van der Waals surface area contributed by atoms with E-state index in [1.54, 1.807) is 16.8 Å². The number of thiophene rings is 1. The largest absolute Gasteiger partial charge is 0.324 e. The van der Waals surface area contributed by atoms with Gasteiger partial charge in [-0.15, -0.1) is 21.5 Å². The van der Waals surface area contributed by atoms with E-state index >= 15 is 0 Å². The second kappa shape index (κ2) is 8.03. The van der Waals surface area contributed by atoms with Gasteiger partial charge in [0.05, 0.1) is 6.54 Å². The van der Waals surface area contributed by atoms with E-state index in [2.05, 4.69) is 46.7 Å². The van der Waals surface area contributed by atoms with Crippen LogP contribution >= 0.6 is 22.7 Å². The molecule has 7 heteroatoms. The molecule has 0 radical (unpaired) electrons. The van der Waals surface area contributed by atoms with Gasteiger partial charge < -0.3 is 4.90 Å². The van der Waals surface area contributed by atoms with E-state index in [0.29, 0.717) is 18.2 Å². The van der Waals surface area contributed by atoms with Crippen LogP contribution in [0.25, 0.3) is 0 Å². The minimum Gasteiger partial charge on any atom is -0.319 e. The summed E-state index contributed by atoms with van der Waals surface area (Å²) in [5.74, 6) is 0. The number of carbonyl (C=O) groups excluding carboxylic acids is 1. The summed E-state index contributed by atoms with van der Waals surface area (Å²) in [5, 5.41) is 11.0. The molecule has 1 aromatic carbocycles. The molecule has 2 amide bonds. The van der Waals surface area contributed by atoms with Crippen molar-refractivity contribution in [3.8, 4) is 0 Å². The van der Waals surface area contributed by atoms with Gasteiger partial charge in [-0.25, -0.2) is 4.79 Å². The van der Waals surface area contributed by atoms with Gasteiger partial charge in [-0.1, -0.05) is 41.7 Å². The lowest BCUT2D eigenvalue weighted by atomic mass is 10.1. The average Bonchev–Trinajstić information content (AvgIpc) is 3.24. The first kappa shape index (κ1) is 16.6. The second-order valence-corrected chi connectivity index (χ2v) is 7.55. The Kier molecular flexibility index (Phi) is 5.55. The zero-order valence-corrected chi connectivity index (χ0v) is 14.9. The van der Waals surface area contributed by atoms with Crippen molar-refractivity contribution in [2.75, 3.05) is 11.9 Å². The summed E-state index contributed by atoms with van der Waals surface area (Å²) in [6.07, 6.45) is 0.814. The van der Waals surface area contributed by atoms with Gasteiger partial charge in [0.2, 0.25) is 5.13 Å². The fraction of sp³-hybridized carbons (Fsp3) is 0.235. The summed E-state index contributed by atoms with van der Waals surface area (Å²) in [5.41, 5.74) is 2.82. The van der Waals surface area contributed by atoms with Crippen molar-refractivity contribution in [1.29, 1.82) is 0 Å². The fourth-order valence-electron chi connectivity index (χ4n) is 2.32. The summed E-state index contributed by atoms with van der Waals surface area (Å²) in [7, 11) is 0. The van der Waals surface area contributed by atoms with Crippen LogP contribution in [-0.2, 0) is 13.0 Å². The molecule has 0 bridgehead atoms. The highest BCUT2D eigenvalue weighted by Crippen LogP contribution is 2.18. The van der Waals surface area contributed by atoms with Crippen molar-refractivity contribution in [1.82, 2.24) is 15.1 Å². The minimum absolute atomic E-state index is 0.145. The maximum absolute atomic E-state index is 12.6. The predicted molar refractivity (Wildman–Crippen MR) is 98.5 cm³/mol. The zero-order chi connectivity index (χ0) is 16.8. The SMILES string of the molecule is Cc1ccc(CN(CCc2ccccc2)C(=O)Nc2nncs2)s1. The van der Waals surface area contributed by atoms with E-state index in [4.69, 9.17) is 0 Å². The van der Waals surface area contributed by atoms with Gasteiger partial charge in [0.15, 0.2) is 0 Å². The molecule has 0 aliphatic carbocycles. The first-order valence-corrected chi connectivity index (χ1v) is 9.31. The van der Waals surface area contributed by atoms with Crippen LogP contribution in [0.1, 0.15) is 15.3 Å². The van der Waals surface area contributed by atoms with Gasteiger partial charge in [0, 0.05) is 16.3 Å². The summed E-state index contributed by atoms with van der Waals surface area (Å²) < 4.78 is 0. The zero-order valence-electron chi connectivity index (χ0n) is 13.3. The molecule has 0 fully saturated rings. The Bertz CT molecular complexity index is 771. The monoisotopic (exact) mass is 358 g/mol. The molecule has 0 saturated heterocycles. The van der Waals surface area contributed by atoms with Gasteiger partial charge in [-0.2, -0.15) is 0 Å². The molecule has 0 atom stereocenters. The molecule has 0 saturated carbocycles. The number of urea groups is 1. The molecular weight excluding hydrogens is 340 g/mol. The number of amides is 2. The van der Waals surface area contributed by atoms with Crippen LogP contribution in [0.2, 0.25) is 0 Å². The Morgan fingerprint density at radius 3 is 2.71 bits per heavy atom. The molecule has 0 spiro atoms. The second-order valence-electron chi connectivity index (χ2n) is 5.34. The third-order valence-corrected chi connectivity index (χ3v) is 5.11. The third kappa shape index (κ3) is 4.62. The summed E-state index contributed by atoms with van der Waals surface area (Å²) in [4.78, 5) is 16.8. The Balaban J connectivity index is 1.68. The van der Waals surface area contributed by atoms with E-state index in [-0.39, 0.29) is 6.03 Å². The van der Waals surface area contributed by atoms with E-state index in [1.807, 2.05) is 23.1 Å². The fourth-order valence-corrected chi connectivity index (χ4v) is 3.66. The van der Waals surface area contributed by atoms with E-state index < -0.39 is 0 Å². The molecule has 1 N–H and O–H groups in total. The first-order valence-electron chi connectivity index (χ1n) is 7.62. The molecule has 0 unspecified atom stereocenters. The molecule has 3 aromatic rings. The molecule has 3 rings (SSSR count). The number of aryl methyl sites for hydroxylation is 1. The van der Waals surface area contributed by atoms with Gasteiger partial charge in [-0.05, 0) is 31.0 Å². The van der Waals surface area contributed by atoms with E-state index in [0.717, 1.165) is 6.42 Å². The molecule has 2 aromatic heterocycles. The highest BCUT2D eigenvalue weighted by molar-refractivity contribution is 7.13. The summed E-state index contributed by atoms with van der Waals surface area (Å²) >= 11 is 3.03. The smallest absolute Gasteiger partial charge is 0.319 e. The van der Waals surface area contributed by atoms with Crippen LogP contribution in [0.5, 0.6) is 0 Å². The van der Waals surface area contributed by atoms with Crippen LogP contribution < -0.4 is 5.32 Å². The van der Waals surface area contributed by atoms with Crippen molar-refractivity contribution in [2.45, 2.75) is 19.9 Å². The van der Waals surface area contributed by atoms with Crippen LogP contribution in [0, 0.1) is 6.92 Å². The topological polar surface area (TPSA) is 58.1 Å². The van der Waals surface area contributed by atoms with Crippen molar-refractivity contribution in [2.24, 2.45) is 0 Å². The van der Waals surface area contributed by atoms with Gasteiger partial charge in [0.25, 0.3) is 0 Å². The van der Waals surface area contributed by atoms with Crippen molar-refractivity contribution >= 4 is 33.8 Å². The lowest BCUT2D eigenvalue weighted by molar-refractivity contribution is 0.210. The maximum Gasteiger partial charge on any atom is 0.324 e. The quantitative estimate of drug-likeness (QED) is 0.719. The number of hydrogen-bond acceptors (Lipinski definition) is 5. The van der Waals surface area contributed by atoms with Crippen molar-refractivity contribution < 1.29 is 4.79 Å². The minimum atomic E-state index is -0.145. The molecule has 2 heterocycles. The highest BCUT2D eigenvalue weighted by atomic mass is 32.1. The number of nitrogens with one attached hydrogen (secondary N) is 1. The number of carbonyl (C=O) groups is 1. The van der Waals surface area contributed by atoms with Crippen LogP contribution in [0.4, 0.5) is 9.93 Å². The number of anilines is 1. The normalized spacial score (nSPS) is 10.5. The first-order chi connectivity index (χ1) is 11.7. The third-order valence-electron chi connectivity index (χ3n) is 3.52. The number of nitrogens with zero attached hydrogens (tertiary/aromatic N) is 3. The van der Waals surface area contributed by atoms with Gasteiger partial charge in [0.1, 0.15) is 5.51 Å². The molecule has 0 aliphatic heterocycles. The lowest BCUT2D eigenvalue weighted by Gasteiger charge is -2.22. The molecule has 24 heavy (non-hydrogen) atoms. The van der Waals surface area contributed by atoms with E-state index in [1.165, 1.54) is 26.7 Å². The van der Waals surface area contributed by atoms with Gasteiger partial charge >= 0.3 is 6.03 Å². The number of hydrogen-bond donors (Lipinski definition) is 1. The number of aromatic nitrogens is 2. The van der Waals surface area contributed by atoms with Crippen molar-refractivity contribution in [3.63, 3.8) is 0 Å². The number of rotatable bonds is 6. The van der Waals surface area contributed by atoms with Crippen LogP contribution in [0.15, 0.2) is 48.0 Å². The van der Waals surface area contributed by atoms with Crippen molar-refractivity contribution in [3.05, 3.63) is 63.3 Å². The summed E-state index contributed by atoms with van der Waals surface area (Å²) in [6.45, 7) is 3.31. The lowest BCUT2D eigenvalue weighted by Crippen LogP contribution is -2.35. The molecular formula is C17H18N4OS2. The molecule has 0 aliphatic rings. The van der Waals surface area contributed by atoms with Crippen LogP contribution in [0.3, 0.4) is 0 Å². The Morgan fingerprint density at radius 1 is 1.21 bits per heavy atom. The van der Waals surface area contributed by atoms with E-state index in [9.17, 15) is 4.79 Å². The number of benzene rings is 1. The van der Waals surface area contributed by atoms with Gasteiger partial charge in [-0.3, -0.25) is 5.32 Å². The predicted octanol–water partition coefficient (Wildman–Crippen LogP) is 4.18. The highest BCUT2D eigenvalue weighted by Gasteiger charge is 2.16. The Hall–Kier alpha value is -2.25.